The second-order valence-corrected chi connectivity index (χ2v) is 5.54. The maximum atomic E-state index is 13.6. The lowest BCUT2D eigenvalue weighted by atomic mass is 10.2. The van der Waals surface area contributed by atoms with Gasteiger partial charge in [-0.1, -0.05) is 37.9 Å². The monoisotopic (exact) mass is 392 g/mol. The predicted molar refractivity (Wildman–Crippen MR) is 74.2 cm³/mol. The smallest absolute Gasteiger partial charge is 0.201 e. The van der Waals surface area contributed by atoms with E-state index in [-0.39, 0.29) is 18.1 Å². The highest BCUT2D eigenvalue weighted by Gasteiger charge is 2.14. The average Bonchev–Trinajstić information content (AvgIpc) is 2.35. The fourth-order valence-corrected chi connectivity index (χ4v) is 2.23. The van der Waals surface area contributed by atoms with Gasteiger partial charge in [-0.3, -0.25) is 0 Å². The van der Waals surface area contributed by atoms with Crippen LogP contribution in [-0.2, 0) is 6.61 Å². The Hall–Kier alpha value is -0.980. The minimum absolute atomic E-state index is 0.250. The van der Waals surface area contributed by atoms with Crippen LogP contribution < -0.4 is 4.74 Å². The van der Waals surface area contributed by atoms with E-state index in [0.717, 1.165) is 6.07 Å². The highest BCUT2D eigenvalue weighted by Crippen LogP contribution is 2.33. The summed E-state index contributed by atoms with van der Waals surface area (Å²) in [6.07, 6.45) is 0. The van der Waals surface area contributed by atoms with Crippen molar-refractivity contribution in [2.75, 3.05) is 0 Å². The molecule has 2 rings (SSSR count). The minimum atomic E-state index is -1.08. The van der Waals surface area contributed by atoms with Gasteiger partial charge in [0.1, 0.15) is 5.75 Å². The summed E-state index contributed by atoms with van der Waals surface area (Å²) in [6, 6.07) is 7.25. The molecule has 6 heteroatoms. The van der Waals surface area contributed by atoms with E-state index in [1.165, 1.54) is 6.07 Å². The van der Waals surface area contributed by atoms with Crippen LogP contribution in [0.1, 0.15) is 5.56 Å². The van der Waals surface area contributed by atoms with Gasteiger partial charge in [0.2, 0.25) is 5.82 Å². The van der Waals surface area contributed by atoms with Gasteiger partial charge in [-0.2, -0.15) is 4.39 Å². The van der Waals surface area contributed by atoms with E-state index < -0.39 is 11.6 Å². The number of aliphatic hydroxyl groups excluding tert-OH is 1. The van der Waals surface area contributed by atoms with E-state index >= 15 is 0 Å². The standard InChI is InChI=1S/C13H8Br2F2O2/c14-8-2-1-7(6-18)11(4-8)19-12-5-9(15)3-10(16)13(12)17/h1-5,18H,6H2. The second-order valence-electron chi connectivity index (χ2n) is 3.71. The lowest BCUT2D eigenvalue weighted by Gasteiger charge is -2.11. The molecule has 19 heavy (non-hydrogen) atoms. The SMILES string of the molecule is OCc1ccc(Br)cc1Oc1cc(Br)cc(F)c1F. The third-order valence-corrected chi connectivity index (χ3v) is 3.33. The van der Waals surface area contributed by atoms with Crippen molar-refractivity contribution in [1.29, 1.82) is 0 Å². The van der Waals surface area contributed by atoms with Gasteiger partial charge in [-0.25, -0.2) is 4.39 Å². The van der Waals surface area contributed by atoms with Crippen molar-refractivity contribution in [3.8, 4) is 11.5 Å². The average molecular weight is 394 g/mol. The molecule has 0 heterocycles. The molecule has 2 nitrogen and oxygen atoms in total. The minimum Gasteiger partial charge on any atom is -0.454 e. The maximum absolute atomic E-state index is 13.6. The van der Waals surface area contributed by atoms with Crippen molar-refractivity contribution < 1.29 is 18.6 Å². The van der Waals surface area contributed by atoms with E-state index in [4.69, 9.17) is 4.74 Å². The van der Waals surface area contributed by atoms with Crippen LogP contribution in [0.15, 0.2) is 39.3 Å². The van der Waals surface area contributed by atoms with Crippen LogP contribution in [0.5, 0.6) is 11.5 Å². The van der Waals surface area contributed by atoms with Gasteiger partial charge in [0, 0.05) is 14.5 Å². The van der Waals surface area contributed by atoms with Crippen molar-refractivity contribution in [3.05, 3.63) is 56.5 Å². The van der Waals surface area contributed by atoms with E-state index in [2.05, 4.69) is 31.9 Å². The summed E-state index contributed by atoms with van der Waals surface area (Å²) in [4.78, 5) is 0. The Morgan fingerprint density at radius 1 is 1.00 bits per heavy atom. The number of hydrogen-bond acceptors (Lipinski definition) is 2. The van der Waals surface area contributed by atoms with Gasteiger partial charge < -0.3 is 9.84 Å². The molecule has 0 bridgehead atoms. The molecule has 100 valence electrons. The van der Waals surface area contributed by atoms with E-state index in [9.17, 15) is 13.9 Å². The quantitative estimate of drug-likeness (QED) is 0.760. The number of halogens is 4. The first-order valence-electron chi connectivity index (χ1n) is 5.23. The first-order valence-corrected chi connectivity index (χ1v) is 6.81. The van der Waals surface area contributed by atoms with Crippen molar-refractivity contribution in [2.24, 2.45) is 0 Å². The number of hydrogen-bond donors (Lipinski definition) is 1. The Balaban J connectivity index is 2.44. The van der Waals surface area contributed by atoms with Gasteiger partial charge in [-0.15, -0.1) is 0 Å². The molecule has 2 aromatic carbocycles. The largest absolute Gasteiger partial charge is 0.454 e. The molecular formula is C13H8Br2F2O2. The van der Waals surface area contributed by atoms with Gasteiger partial charge in [0.25, 0.3) is 0 Å². The molecular weight excluding hydrogens is 386 g/mol. The molecule has 1 N–H and O–H groups in total. The van der Waals surface area contributed by atoms with Crippen molar-refractivity contribution >= 4 is 31.9 Å². The van der Waals surface area contributed by atoms with Gasteiger partial charge in [0.15, 0.2) is 11.6 Å². The number of rotatable bonds is 3. The van der Waals surface area contributed by atoms with Gasteiger partial charge in [-0.05, 0) is 24.3 Å². The van der Waals surface area contributed by atoms with Crippen LogP contribution in [-0.4, -0.2) is 5.11 Å². The highest BCUT2D eigenvalue weighted by atomic mass is 79.9. The molecule has 0 saturated heterocycles. The second kappa shape index (κ2) is 5.98. The lowest BCUT2D eigenvalue weighted by Crippen LogP contribution is -1.96. The Kier molecular flexibility index (Phi) is 4.54. The molecule has 0 unspecified atom stereocenters. The van der Waals surface area contributed by atoms with Crippen LogP contribution in [0.4, 0.5) is 8.78 Å². The van der Waals surface area contributed by atoms with Crippen molar-refractivity contribution in [1.82, 2.24) is 0 Å². The summed E-state index contributed by atoms with van der Waals surface area (Å²) >= 11 is 6.31. The summed E-state index contributed by atoms with van der Waals surface area (Å²) < 4.78 is 33.3. The topological polar surface area (TPSA) is 29.5 Å². The normalized spacial score (nSPS) is 10.6. The van der Waals surface area contributed by atoms with Gasteiger partial charge in [0.05, 0.1) is 6.61 Å². The summed E-state index contributed by atoms with van der Waals surface area (Å²) in [5.74, 6) is -2.08. The first-order chi connectivity index (χ1) is 9.01. The molecule has 0 aliphatic rings. The predicted octanol–water partition coefficient (Wildman–Crippen LogP) is 4.77. The Labute approximate surface area is 125 Å². The van der Waals surface area contributed by atoms with Crippen molar-refractivity contribution in [2.45, 2.75) is 6.61 Å². The maximum Gasteiger partial charge on any atom is 0.201 e. The molecule has 0 saturated carbocycles. The summed E-state index contributed by atoms with van der Waals surface area (Å²) in [5, 5.41) is 9.19. The summed E-state index contributed by atoms with van der Waals surface area (Å²) in [6.45, 7) is -0.263. The van der Waals surface area contributed by atoms with E-state index in [1.54, 1.807) is 18.2 Å². The molecule has 0 radical (unpaired) electrons. The Morgan fingerprint density at radius 3 is 2.37 bits per heavy atom. The Morgan fingerprint density at radius 2 is 1.68 bits per heavy atom. The third kappa shape index (κ3) is 3.32. The van der Waals surface area contributed by atoms with Crippen LogP contribution in [0.3, 0.4) is 0 Å². The van der Waals surface area contributed by atoms with Crippen LogP contribution in [0.25, 0.3) is 0 Å². The van der Waals surface area contributed by atoms with E-state index in [1.807, 2.05) is 0 Å². The van der Waals surface area contributed by atoms with E-state index in [0.29, 0.717) is 14.5 Å². The number of ether oxygens (including phenoxy) is 1. The first kappa shape index (κ1) is 14.4. The van der Waals surface area contributed by atoms with Crippen molar-refractivity contribution in [3.63, 3.8) is 0 Å². The molecule has 0 aliphatic carbocycles. The fourth-order valence-electron chi connectivity index (χ4n) is 1.48. The fraction of sp³-hybridized carbons (Fsp3) is 0.0769. The number of aliphatic hydroxyl groups is 1. The summed E-state index contributed by atoms with van der Waals surface area (Å²) in [7, 11) is 0. The van der Waals surface area contributed by atoms with Crippen LogP contribution in [0.2, 0.25) is 0 Å². The molecule has 0 amide bonds. The number of benzene rings is 2. The zero-order valence-electron chi connectivity index (χ0n) is 9.46. The molecule has 0 fully saturated rings. The highest BCUT2D eigenvalue weighted by molar-refractivity contribution is 9.10. The molecule has 0 atom stereocenters. The molecule has 0 aromatic heterocycles. The molecule has 2 aromatic rings. The molecule has 0 spiro atoms. The lowest BCUT2D eigenvalue weighted by molar-refractivity contribution is 0.275. The van der Waals surface area contributed by atoms with Crippen LogP contribution in [0, 0.1) is 11.6 Å². The summed E-state index contributed by atoms with van der Waals surface area (Å²) in [5.41, 5.74) is 0.475. The zero-order chi connectivity index (χ0) is 14.0. The molecule has 0 aliphatic heterocycles. The van der Waals surface area contributed by atoms with Crippen LogP contribution >= 0.6 is 31.9 Å². The Bertz CT molecular complexity index is 618. The zero-order valence-corrected chi connectivity index (χ0v) is 12.6. The third-order valence-electron chi connectivity index (χ3n) is 2.38. The van der Waals surface area contributed by atoms with Gasteiger partial charge >= 0.3 is 0 Å².